The van der Waals surface area contributed by atoms with E-state index in [-0.39, 0.29) is 5.91 Å². The van der Waals surface area contributed by atoms with E-state index in [1.54, 1.807) is 24.3 Å². The second-order valence-corrected chi connectivity index (χ2v) is 6.14. The van der Waals surface area contributed by atoms with E-state index in [1.807, 2.05) is 0 Å². The fourth-order valence-electron chi connectivity index (χ4n) is 1.41. The molecule has 2 nitrogen and oxygen atoms in total. The van der Waals surface area contributed by atoms with Crippen LogP contribution >= 0.6 is 50.1 Å². The van der Waals surface area contributed by atoms with Gasteiger partial charge in [0, 0.05) is 14.8 Å². The molecule has 6 heteroatoms. The number of amides is 1. The van der Waals surface area contributed by atoms with Gasteiger partial charge in [-0.2, -0.15) is 0 Å². The standard InChI is InChI=1S/C13H7BrClFINO/c14-9-3-2-8(6-11(9)16)18-13(19)7-1-4-12(17)10(15)5-7/h1-6H,(H,18,19). The van der Waals surface area contributed by atoms with E-state index < -0.39 is 5.82 Å². The van der Waals surface area contributed by atoms with E-state index in [2.05, 4.69) is 43.8 Å². The van der Waals surface area contributed by atoms with Crippen molar-refractivity contribution >= 4 is 61.7 Å². The smallest absolute Gasteiger partial charge is 0.255 e. The number of halogens is 4. The van der Waals surface area contributed by atoms with Crippen molar-refractivity contribution < 1.29 is 9.18 Å². The maximum absolute atomic E-state index is 13.3. The molecular weight excluding hydrogens is 447 g/mol. The number of hydrogen-bond donors (Lipinski definition) is 1. The molecular formula is C13H7BrClFINO. The van der Waals surface area contributed by atoms with E-state index in [9.17, 15) is 9.18 Å². The first-order valence-corrected chi connectivity index (χ1v) is 7.44. The molecule has 1 N–H and O–H groups in total. The maximum Gasteiger partial charge on any atom is 0.255 e. The third-order valence-electron chi connectivity index (χ3n) is 2.36. The second-order valence-electron chi connectivity index (χ2n) is 3.71. The summed E-state index contributed by atoms with van der Waals surface area (Å²) < 4.78 is 14.5. The van der Waals surface area contributed by atoms with Crippen molar-refractivity contribution in [2.75, 3.05) is 5.32 Å². The van der Waals surface area contributed by atoms with Crippen molar-refractivity contribution in [3.05, 3.63) is 60.8 Å². The molecule has 0 fully saturated rings. The van der Waals surface area contributed by atoms with Crippen LogP contribution in [0.25, 0.3) is 0 Å². The molecule has 0 aliphatic rings. The first-order valence-electron chi connectivity index (χ1n) is 5.19. The highest BCUT2D eigenvalue weighted by Crippen LogP contribution is 2.22. The molecule has 0 aliphatic carbocycles. The summed E-state index contributed by atoms with van der Waals surface area (Å²) in [6.45, 7) is 0. The zero-order valence-corrected chi connectivity index (χ0v) is 13.9. The van der Waals surface area contributed by atoms with Gasteiger partial charge in [-0.1, -0.05) is 11.6 Å². The molecule has 1 amide bonds. The Morgan fingerprint density at radius 2 is 2.00 bits per heavy atom. The van der Waals surface area contributed by atoms with Crippen molar-refractivity contribution in [1.82, 2.24) is 0 Å². The van der Waals surface area contributed by atoms with Crippen LogP contribution in [0.15, 0.2) is 40.9 Å². The minimum atomic E-state index is -0.432. The molecule has 0 bridgehead atoms. The van der Waals surface area contributed by atoms with E-state index in [4.69, 9.17) is 11.6 Å². The van der Waals surface area contributed by atoms with E-state index in [1.165, 1.54) is 12.1 Å². The number of hydrogen-bond acceptors (Lipinski definition) is 1. The molecule has 98 valence electrons. The largest absolute Gasteiger partial charge is 0.322 e. The summed E-state index contributed by atoms with van der Waals surface area (Å²) >= 11 is 11.1. The number of carbonyl (C=O) groups is 1. The Morgan fingerprint density at radius 1 is 1.26 bits per heavy atom. The molecule has 0 aliphatic heterocycles. The molecule has 2 rings (SSSR count). The summed E-state index contributed by atoms with van der Waals surface area (Å²) in [5.41, 5.74) is 0.814. The Balaban J connectivity index is 2.20. The average Bonchev–Trinajstić information content (AvgIpc) is 2.37. The molecule has 0 spiro atoms. The van der Waals surface area contributed by atoms with Crippen LogP contribution in [0.4, 0.5) is 10.1 Å². The molecule has 0 radical (unpaired) electrons. The van der Waals surface area contributed by atoms with Gasteiger partial charge >= 0.3 is 0 Å². The van der Waals surface area contributed by atoms with E-state index in [0.717, 1.165) is 3.57 Å². The van der Waals surface area contributed by atoms with Crippen molar-refractivity contribution in [2.24, 2.45) is 0 Å². The third-order valence-corrected chi connectivity index (χ3v) is 4.57. The number of carbonyl (C=O) groups excluding carboxylic acids is 1. The Labute approximate surface area is 136 Å². The van der Waals surface area contributed by atoms with Gasteiger partial charge in [-0.25, -0.2) is 4.39 Å². The molecule has 19 heavy (non-hydrogen) atoms. The first kappa shape index (κ1) is 14.7. The van der Waals surface area contributed by atoms with Gasteiger partial charge in [0.15, 0.2) is 0 Å². The van der Waals surface area contributed by atoms with Crippen LogP contribution in [-0.4, -0.2) is 5.91 Å². The number of benzene rings is 2. The predicted octanol–water partition coefficient (Wildman–Crippen LogP) is 5.10. The van der Waals surface area contributed by atoms with Gasteiger partial charge in [0.25, 0.3) is 5.91 Å². The predicted molar refractivity (Wildman–Crippen MR) is 86.2 cm³/mol. The van der Waals surface area contributed by atoms with Gasteiger partial charge in [0.05, 0.1) is 9.50 Å². The van der Waals surface area contributed by atoms with Crippen molar-refractivity contribution in [1.29, 1.82) is 0 Å². The minimum Gasteiger partial charge on any atom is -0.322 e. The van der Waals surface area contributed by atoms with Crippen LogP contribution in [-0.2, 0) is 0 Å². The summed E-state index contributed by atoms with van der Waals surface area (Å²) in [6, 6.07) is 9.38. The monoisotopic (exact) mass is 453 g/mol. The summed E-state index contributed by atoms with van der Waals surface area (Å²) in [5, 5.41) is 3.12. The van der Waals surface area contributed by atoms with Gasteiger partial charge in [0.1, 0.15) is 5.82 Å². The minimum absolute atomic E-state index is 0.333. The molecule has 0 heterocycles. The fraction of sp³-hybridized carbons (Fsp3) is 0. The number of nitrogens with one attached hydrogen (secondary N) is 1. The van der Waals surface area contributed by atoms with Crippen LogP contribution < -0.4 is 5.32 Å². The van der Waals surface area contributed by atoms with E-state index in [0.29, 0.717) is 20.7 Å². The fourth-order valence-corrected chi connectivity index (χ4v) is 2.18. The van der Waals surface area contributed by atoms with Crippen LogP contribution in [0.2, 0.25) is 5.02 Å². The van der Waals surface area contributed by atoms with Gasteiger partial charge in [-0.3, -0.25) is 4.79 Å². The van der Waals surface area contributed by atoms with E-state index >= 15 is 0 Å². The summed E-state index contributed by atoms with van der Waals surface area (Å²) in [6.07, 6.45) is 0. The highest BCUT2D eigenvalue weighted by atomic mass is 127. The lowest BCUT2D eigenvalue weighted by Crippen LogP contribution is -2.12. The Kier molecular flexibility index (Phi) is 4.81. The van der Waals surface area contributed by atoms with Crippen LogP contribution in [0.5, 0.6) is 0 Å². The molecule has 2 aromatic rings. The SMILES string of the molecule is O=C(Nc1ccc(Br)c(F)c1)c1ccc(I)c(Cl)c1. The lowest BCUT2D eigenvalue weighted by Gasteiger charge is -2.07. The van der Waals surface area contributed by atoms with Crippen LogP contribution in [0, 0.1) is 9.39 Å². The zero-order chi connectivity index (χ0) is 14.0. The molecule has 0 saturated carbocycles. The van der Waals surface area contributed by atoms with Crippen LogP contribution in [0.1, 0.15) is 10.4 Å². The van der Waals surface area contributed by atoms with Gasteiger partial charge in [0.2, 0.25) is 0 Å². The van der Waals surface area contributed by atoms with Gasteiger partial charge in [-0.15, -0.1) is 0 Å². The van der Waals surface area contributed by atoms with Crippen molar-refractivity contribution in [2.45, 2.75) is 0 Å². The molecule has 0 saturated heterocycles. The normalized spacial score (nSPS) is 10.3. The molecule has 0 atom stereocenters. The Bertz CT molecular complexity index is 651. The van der Waals surface area contributed by atoms with Crippen molar-refractivity contribution in [3.8, 4) is 0 Å². The lowest BCUT2D eigenvalue weighted by molar-refractivity contribution is 0.102. The topological polar surface area (TPSA) is 29.1 Å². The third kappa shape index (κ3) is 3.67. The summed E-state index contributed by atoms with van der Waals surface area (Å²) in [5.74, 6) is -0.765. The number of rotatable bonds is 2. The lowest BCUT2D eigenvalue weighted by atomic mass is 10.2. The quantitative estimate of drug-likeness (QED) is 0.629. The summed E-state index contributed by atoms with van der Waals surface area (Å²) in [7, 11) is 0. The summed E-state index contributed by atoms with van der Waals surface area (Å²) in [4.78, 5) is 12.0. The Hall–Kier alpha value is -0.660. The maximum atomic E-state index is 13.3. The number of anilines is 1. The zero-order valence-electron chi connectivity index (χ0n) is 9.38. The Morgan fingerprint density at radius 3 is 2.63 bits per heavy atom. The van der Waals surface area contributed by atoms with Gasteiger partial charge in [-0.05, 0) is 74.9 Å². The highest BCUT2D eigenvalue weighted by Gasteiger charge is 2.09. The molecule has 0 aromatic heterocycles. The highest BCUT2D eigenvalue weighted by molar-refractivity contribution is 14.1. The van der Waals surface area contributed by atoms with Gasteiger partial charge < -0.3 is 5.32 Å². The average molecular weight is 454 g/mol. The first-order chi connectivity index (χ1) is 8.97. The van der Waals surface area contributed by atoms with Crippen molar-refractivity contribution in [3.63, 3.8) is 0 Å². The molecule has 0 unspecified atom stereocenters. The second kappa shape index (κ2) is 6.19. The van der Waals surface area contributed by atoms with Crippen LogP contribution in [0.3, 0.4) is 0 Å². The molecule has 2 aromatic carbocycles.